The molecule has 124 valence electrons. The first-order valence-corrected chi connectivity index (χ1v) is 7.69. The van der Waals surface area contributed by atoms with Crippen LogP contribution in [0.15, 0.2) is 47.2 Å². The van der Waals surface area contributed by atoms with Crippen LogP contribution in [0.5, 0.6) is 5.88 Å². The summed E-state index contributed by atoms with van der Waals surface area (Å²) >= 11 is 0. The second-order valence-electron chi connectivity index (χ2n) is 5.07. The summed E-state index contributed by atoms with van der Waals surface area (Å²) in [5.74, 6) is 1.21. The van der Waals surface area contributed by atoms with Crippen LogP contribution in [0.25, 0.3) is 17.8 Å². The summed E-state index contributed by atoms with van der Waals surface area (Å²) in [5.41, 5.74) is 2.54. The quantitative estimate of drug-likeness (QED) is 0.621. The van der Waals surface area contributed by atoms with Gasteiger partial charge in [-0.2, -0.15) is 0 Å². The molecule has 0 atom stereocenters. The molecule has 3 rings (SSSR count). The van der Waals surface area contributed by atoms with Gasteiger partial charge in [-0.15, -0.1) is 5.10 Å². The highest BCUT2D eigenvalue weighted by Crippen LogP contribution is 2.21. The van der Waals surface area contributed by atoms with Gasteiger partial charge in [-0.1, -0.05) is 25.1 Å². The highest BCUT2D eigenvalue weighted by molar-refractivity contribution is 5.70. The first kappa shape index (κ1) is 16.0. The summed E-state index contributed by atoms with van der Waals surface area (Å²) in [6.45, 7) is 2.14. The molecule has 0 N–H and O–H groups in total. The highest BCUT2D eigenvalue weighted by Gasteiger charge is 2.09. The van der Waals surface area contributed by atoms with E-state index in [0.717, 1.165) is 23.4 Å². The van der Waals surface area contributed by atoms with Gasteiger partial charge in [0.1, 0.15) is 12.0 Å². The molecule has 0 aliphatic carbocycles. The van der Waals surface area contributed by atoms with Crippen LogP contribution in [0, 0.1) is 0 Å². The van der Waals surface area contributed by atoms with E-state index in [1.54, 1.807) is 18.1 Å². The molecule has 0 aliphatic rings. The third kappa shape index (κ3) is 3.72. The molecule has 0 saturated carbocycles. The molecule has 1 aromatic carbocycles. The van der Waals surface area contributed by atoms with Gasteiger partial charge in [-0.3, -0.25) is 0 Å². The number of benzene rings is 1. The van der Waals surface area contributed by atoms with Crippen molar-refractivity contribution in [3.8, 4) is 11.6 Å². The van der Waals surface area contributed by atoms with Crippen molar-refractivity contribution in [1.82, 2.24) is 14.8 Å². The minimum absolute atomic E-state index is 0.136. The first-order valence-electron chi connectivity index (χ1n) is 7.69. The van der Waals surface area contributed by atoms with E-state index < -0.39 is 0 Å². The topological polar surface area (TPSA) is 62.3 Å². The molecular weight excluding hydrogens is 306 g/mol. The van der Waals surface area contributed by atoms with E-state index in [9.17, 15) is 0 Å². The molecule has 6 nitrogen and oxygen atoms in total. The highest BCUT2D eigenvalue weighted by atomic mass is 16.7. The van der Waals surface area contributed by atoms with Crippen molar-refractivity contribution in [2.45, 2.75) is 13.3 Å². The SMILES string of the molecule is CCc1nc(C=Cc2cn(-c3ccccc3)nc2OCOC)co1. The number of rotatable bonds is 7. The molecule has 0 bridgehead atoms. The van der Waals surface area contributed by atoms with Gasteiger partial charge < -0.3 is 13.9 Å². The Bertz CT molecular complexity index is 806. The maximum absolute atomic E-state index is 5.55. The maximum Gasteiger partial charge on any atom is 0.242 e. The largest absolute Gasteiger partial charge is 0.449 e. The van der Waals surface area contributed by atoms with Gasteiger partial charge in [0.25, 0.3) is 0 Å². The predicted octanol–water partition coefficient (Wildman–Crippen LogP) is 3.58. The van der Waals surface area contributed by atoms with Crippen molar-refractivity contribution in [3.63, 3.8) is 0 Å². The Labute approximate surface area is 140 Å². The van der Waals surface area contributed by atoms with Gasteiger partial charge in [0.15, 0.2) is 12.7 Å². The molecule has 2 heterocycles. The van der Waals surface area contributed by atoms with E-state index in [1.807, 2.05) is 55.6 Å². The zero-order chi connectivity index (χ0) is 16.8. The number of aryl methyl sites for hydroxylation is 1. The summed E-state index contributed by atoms with van der Waals surface area (Å²) in [5, 5.41) is 4.47. The van der Waals surface area contributed by atoms with Gasteiger partial charge in [-0.05, 0) is 24.3 Å². The Hall–Kier alpha value is -2.86. The second kappa shape index (κ2) is 7.61. The van der Waals surface area contributed by atoms with Crippen LogP contribution in [0.4, 0.5) is 0 Å². The lowest BCUT2D eigenvalue weighted by molar-refractivity contribution is 0.0474. The van der Waals surface area contributed by atoms with Gasteiger partial charge >= 0.3 is 0 Å². The Balaban J connectivity index is 1.88. The van der Waals surface area contributed by atoms with Gasteiger partial charge in [0, 0.05) is 19.7 Å². The molecule has 0 radical (unpaired) electrons. The number of methoxy groups -OCH3 is 1. The molecule has 24 heavy (non-hydrogen) atoms. The van der Waals surface area contributed by atoms with Crippen molar-refractivity contribution < 1.29 is 13.9 Å². The van der Waals surface area contributed by atoms with E-state index in [2.05, 4.69) is 10.1 Å². The number of hydrogen-bond acceptors (Lipinski definition) is 5. The Kier molecular flexibility index (Phi) is 5.08. The van der Waals surface area contributed by atoms with Crippen LogP contribution in [-0.2, 0) is 11.2 Å². The van der Waals surface area contributed by atoms with E-state index in [-0.39, 0.29) is 6.79 Å². The first-order chi connectivity index (χ1) is 11.8. The van der Waals surface area contributed by atoms with Crippen molar-refractivity contribution in [2.24, 2.45) is 0 Å². The number of oxazole rings is 1. The van der Waals surface area contributed by atoms with Crippen LogP contribution in [0.3, 0.4) is 0 Å². The molecule has 3 aromatic rings. The summed E-state index contributed by atoms with van der Waals surface area (Å²) in [6, 6.07) is 9.84. The summed E-state index contributed by atoms with van der Waals surface area (Å²) in [7, 11) is 1.57. The zero-order valence-corrected chi connectivity index (χ0v) is 13.7. The van der Waals surface area contributed by atoms with Gasteiger partial charge in [-0.25, -0.2) is 9.67 Å². The molecule has 0 unspecified atom stereocenters. The summed E-state index contributed by atoms with van der Waals surface area (Å²) in [4.78, 5) is 4.35. The fourth-order valence-corrected chi connectivity index (χ4v) is 2.16. The minimum Gasteiger partial charge on any atom is -0.449 e. The Morgan fingerprint density at radius 2 is 2.04 bits per heavy atom. The Morgan fingerprint density at radius 1 is 1.21 bits per heavy atom. The average molecular weight is 325 g/mol. The lowest BCUT2D eigenvalue weighted by atomic mass is 10.3. The number of para-hydroxylation sites is 1. The van der Waals surface area contributed by atoms with E-state index >= 15 is 0 Å². The predicted molar refractivity (Wildman–Crippen MR) is 90.9 cm³/mol. The third-order valence-electron chi connectivity index (χ3n) is 3.35. The molecule has 0 amide bonds. The fraction of sp³-hybridized carbons (Fsp3) is 0.222. The fourth-order valence-electron chi connectivity index (χ4n) is 2.16. The third-order valence-corrected chi connectivity index (χ3v) is 3.35. The molecule has 0 saturated heterocycles. The lowest BCUT2D eigenvalue weighted by Gasteiger charge is -2.01. The van der Waals surface area contributed by atoms with Crippen LogP contribution in [0.1, 0.15) is 24.1 Å². The van der Waals surface area contributed by atoms with Crippen LogP contribution in [-0.4, -0.2) is 28.7 Å². The maximum atomic E-state index is 5.55. The smallest absolute Gasteiger partial charge is 0.242 e. The van der Waals surface area contributed by atoms with E-state index in [0.29, 0.717) is 11.8 Å². The van der Waals surface area contributed by atoms with Gasteiger partial charge in [0.2, 0.25) is 5.88 Å². The molecule has 0 fully saturated rings. The molecule has 0 aliphatic heterocycles. The van der Waals surface area contributed by atoms with E-state index in [4.69, 9.17) is 13.9 Å². The molecule has 6 heteroatoms. The standard InChI is InChI=1S/C18H19N3O3/c1-3-17-19-15(12-23-17)10-9-14-11-21(16-7-5-4-6-8-16)20-18(14)24-13-22-2/h4-12H,3,13H2,1-2H3. The molecular formula is C18H19N3O3. The Morgan fingerprint density at radius 3 is 2.75 bits per heavy atom. The number of nitrogens with zero attached hydrogens (tertiary/aromatic N) is 3. The lowest BCUT2D eigenvalue weighted by Crippen LogP contribution is -2.01. The van der Waals surface area contributed by atoms with Crippen molar-refractivity contribution >= 4 is 12.2 Å². The number of hydrogen-bond donors (Lipinski definition) is 0. The van der Waals surface area contributed by atoms with Crippen LogP contribution >= 0.6 is 0 Å². The van der Waals surface area contributed by atoms with Crippen LogP contribution < -0.4 is 4.74 Å². The van der Waals surface area contributed by atoms with Crippen molar-refractivity contribution in [3.05, 3.63) is 59.9 Å². The van der Waals surface area contributed by atoms with Crippen molar-refractivity contribution in [1.29, 1.82) is 0 Å². The zero-order valence-electron chi connectivity index (χ0n) is 13.7. The monoisotopic (exact) mass is 325 g/mol. The van der Waals surface area contributed by atoms with E-state index in [1.165, 1.54) is 0 Å². The minimum atomic E-state index is 0.136. The number of aromatic nitrogens is 3. The van der Waals surface area contributed by atoms with Crippen molar-refractivity contribution in [2.75, 3.05) is 13.9 Å². The van der Waals surface area contributed by atoms with Gasteiger partial charge in [0.05, 0.1) is 11.3 Å². The van der Waals surface area contributed by atoms with Crippen LogP contribution in [0.2, 0.25) is 0 Å². The normalized spacial score (nSPS) is 11.2. The summed E-state index contributed by atoms with van der Waals surface area (Å²) < 4.78 is 17.6. The second-order valence-corrected chi connectivity index (χ2v) is 5.07. The number of ether oxygens (including phenoxy) is 2. The average Bonchev–Trinajstić information content (AvgIpc) is 3.25. The molecule has 2 aromatic heterocycles. The summed E-state index contributed by atoms with van der Waals surface area (Å²) in [6.07, 6.45) is 8.07. The molecule has 0 spiro atoms.